The SMILES string of the molecule is CC(N)CC(=O)Cc1cc(F)cc(F)c1. The molecule has 4 heteroatoms. The Morgan fingerprint density at radius 3 is 2.33 bits per heavy atom. The molecule has 0 saturated carbocycles. The Morgan fingerprint density at radius 2 is 1.87 bits per heavy atom. The van der Waals surface area contributed by atoms with Gasteiger partial charge < -0.3 is 5.73 Å². The molecule has 2 N–H and O–H groups in total. The topological polar surface area (TPSA) is 43.1 Å². The largest absolute Gasteiger partial charge is 0.328 e. The summed E-state index contributed by atoms with van der Waals surface area (Å²) in [6.07, 6.45) is 0.244. The molecule has 0 saturated heterocycles. The van der Waals surface area contributed by atoms with E-state index >= 15 is 0 Å². The number of hydrogen-bond acceptors (Lipinski definition) is 2. The quantitative estimate of drug-likeness (QED) is 0.828. The molecule has 1 aromatic rings. The van der Waals surface area contributed by atoms with Gasteiger partial charge in [-0.25, -0.2) is 8.78 Å². The van der Waals surface area contributed by atoms with Crippen LogP contribution in [0.5, 0.6) is 0 Å². The standard InChI is InChI=1S/C11H13F2NO/c1-7(14)2-11(15)5-8-3-9(12)6-10(13)4-8/h3-4,6-7H,2,5,14H2,1H3. The van der Waals surface area contributed by atoms with Crippen molar-refractivity contribution in [3.05, 3.63) is 35.4 Å². The van der Waals surface area contributed by atoms with Crippen LogP contribution in [-0.4, -0.2) is 11.8 Å². The van der Waals surface area contributed by atoms with Crippen molar-refractivity contribution < 1.29 is 13.6 Å². The van der Waals surface area contributed by atoms with E-state index < -0.39 is 11.6 Å². The second-order valence-electron chi connectivity index (χ2n) is 3.67. The van der Waals surface area contributed by atoms with Crippen LogP contribution in [0.15, 0.2) is 18.2 Å². The molecule has 0 heterocycles. The van der Waals surface area contributed by atoms with Crippen molar-refractivity contribution in [3.63, 3.8) is 0 Å². The fourth-order valence-electron chi connectivity index (χ4n) is 1.37. The molecule has 0 amide bonds. The van der Waals surface area contributed by atoms with Crippen LogP contribution in [-0.2, 0) is 11.2 Å². The van der Waals surface area contributed by atoms with Crippen LogP contribution in [0.2, 0.25) is 0 Å². The summed E-state index contributed by atoms with van der Waals surface area (Å²) in [5, 5.41) is 0. The van der Waals surface area contributed by atoms with E-state index in [1.165, 1.54) is 0 Å². The van der Waals surface area contributed by atoms with Gasteiger partial charge in [0.05, 0.1) is 0 Å². The average molecular weight is 213 g/mol. The first-order chi connectivity index (χ1) is 6.97. The molecular formula is C11H13F2NO. The van der Waals surface area contributed by atoms with Crippen molar-refractivity contribution in [2.24, 2.45) is 5.73 Å². The van der Waals surface area contributed by atoms with Crippen LogP contribution in [0, 0.1) is 11.6 Å². The molecule has 1 unspecified atom stereocenters. The average Bonchev–Trinajstić information content (AvgIpc) is 1.98. The van der Waals surface area contributed by atoms with Gasteiger partial charge in [-0.2, -0.15) is 0 Å². The maximum atomic E-state index is 12.8. The number of Topliss-reactive ketones (excluding diaryl/α,β-unsaturated/α-hetero) is 1. The summed E-state index contributed by atoms with van der Waals surface area (Å²) in [6, 6.07) is 2.86. The van der Waals surface area contributed by atoms with Crippen LogP contribution in [0.4, 0.5) is 8.78 Å². The van der Waals surface area contributed by atoms with Crippen molar-refractivity contribution in [2.45, 2.75) is 25.8 Å². The van der Waals surface area contributed by atoms with Gasteiger partial charge in [0.15, 0.2) is 0 Å². The lowest BCUT2D eigenvalue weighted by Gasteiger charge is -2.04. The monoisotopic (exact) mass is 213 g/mol. The lowest BCUT2D eigenvalue weighted by Crippen LogP contribution is -2.20. The molecule has 0 aromatic heterocycles. The summed E-state index contributed by atoms with van der Waals surface area (Å²) in [5.41, 5.74) is 5.78. The van der Waals surface area contributed by atoms with Crippen molar-refractivity contribution in [3.8, 4) is 0 Å². The highest BCUT2D eigenvalue weighted by Crippen LogP contribution is 2.09. The zero-order valence-corrected chi connectivity index (χ0v) is 8.47. The highest BCUT2D eigenvalue weighted by atomic mass is 19.1. The molecule has 0 aliphatic heterocycles. The van der Waals surface area contributed by atoms with Crippen LogP contribution < -0.4 is 5.73 Å². The van der Waals surface area contributed by atoms with Gasteiger partial charge in [-0.3, -0.25) is 4.79 Å². The lowest BCUT2D eigenvalue weighted by atomic mass is 10.0. The van der Waals surface area contributed by atoms with Crippen molar-refractivity contribution in [1.82, 2.24) is 0 Å². The number of ketones is 1. The van der Waals surface area contributed by atoms with Gasteiger partial charge >= 0.3 is 0 Å². The molecular weight excluding hydrogens is 200 g/mol. The number of hydrogen-bond donors (Lipinski definition) is 1. The van der Waals surface area contributed by atoms with E-state index in [0.717, 1.165) is 18.2 Å². The molecule has 0 radical (unpaired) electrons. The first-order valence-corrected chi connectivity index (χ1v) is 4.69. The Bertz CT molecular complexity index is 343. The Balaban J connectivity index is 2.68. The van der Waals surface area contributed by atoms with Crippen molar-refractivity contribution in [1.29, 1.82) is 0 Å². The van der Waals surface area contributed by atoms with Crippen LogP contribution in [0.3, 0.4) is 0 Å². The number of carbonyl (C=O) groups excluding carboxylic acids is 1. The van der Waals surface area contributed by atoms with Gasteiger partial charge in [-0.15, -0.1) is 0 Å². The smallest absolute Gasteiger partial charge is 0.138 e. The maximum Gasteiger partial charge on any atom is 0.138 e. The normalized spacial score (nSPS) is 12.5. The van der Waals surface area contributed by atoms with E-state index in [2.05, 4.69) is 0 Å². The summed E-state index contributed by atoms with van der Waals surface area (Å²) in [4.78, 5) is 11.3. The first-order valence-electron chi connectivity index (χ1n) is 4.69. The predicted octanol–water partition coefficient (Wildman–Crippen LogP) is 1.81. The molecule has 1 aromatic carbocycles. The van der Waals surface area contributed by atoms with Crippen LogP contribution in [0.25, 0.3) is 0 Å². The predicted molar refractivity (Wildman–Crippen MR) is 53.3 cm³/mol. The third-order valence-electron chi connectivity index (χ3n) is 1.87. The van der Waals surface area contributed by atoms with Crippen LogP contribution >= 0.6 is 0 Å². The molecule has 0 aliphatic rings. The summed E-state index contributed by atoms with van der Waals surface area (Å²) < 4.78 is 25.5. The summed E-state index contributed by atoms with van der Waals surface area (Å²) in [5.74, 6) is -1.45. The van der Waals surface area contributed by atoms with Gasteiger partial charge in [0.1, 0.15) is 17.4 Å². The van der Waals surface area contributed by atoms with Crippen molar-refractivity contribution in [2.75, 3.05) is 0 Å². The number of rotatable bonds is 4. The minimum atomic E-state index is -0.668. The minimum Gasteiger partial charge on any atom is -0.328 e. The Morgan fingerprint density at radius 1 is 1.33 bits per heavy atom. The number of nitrogens with two attached hydrogens (primary N) is 1. The number of halogens is 2. The Hall–Kier alpha value is -1.29. The van der Waals surface area contributed by atoms with E-state index in [1.54, 1.807) is 6.92 Å². The minimum absolute atomic E-state index is 0.0240. The van der Waals surface area contributed by atoms with Gasteiger partial charge in [0.25, 0.3) is 0 Å². The Kier molecular flexibility index (Phi) is 3.91. The molecule has 1 rings (SSSR count). The molecule has 82 valence electrons. The van der Waals surface area contributed by atoms with E-state index in [1.807, 2.05) is 0 Å². The molecule has 1 atom stereocenters. The van der Waals surface area contributed by atoms with Gasteiger partial charge in [-0.1, -0.05) is 0 Å². The molecule has 0 aliphatic carbocycles. The zero-order valence-electron chi connectivity index (χ0n) is 8.47. The van der Waals surface area contributed by atoms with Crippen molar-refractivity contribution >= 4 is 5.78 Å². The fourth-order valence-corrected chi connectivity index (χ4v) is 1.37. The third kappa shape index (κ3) is 4.16. The van der Waals surface area contributed by atoms with Gasteiger partial charge in [0.2, 0.25) is 0 Å². The zero-order chi connectivity index (χ0) is 11.4. The van der Waals surface area contributed by atoms with E-state index in [4.69, 9.17) is 5.73 Å². The van der Waals surface area contributed by atoms with Gasteiger partial charge in [0, 0.05) is 24.9 Å². The highest BCUT2D eigenvalue weighted by Gasteiger charge is 2.08. The number of benzene rings is 1. The first kappa shape index (κ1) is 11.8. The van der Waals surface area contributed by atoms with E-state index in [-0.39, 0.29) is 24.7 Å². The Labute approximate surface area is 87.1 Å². The van der Waals surface area contributed by atoms with E-state index in [9.17, 15) is 13.6 Å². The van der Waals surface area contributed by atoms with Crippen LogP contribution in [0.1, 0.15) is 18.9 Å². The second kappa shape index (κ2) is 4.98. The van der Waals surface area contributed by atoms with E-state index in [0.29, 0.717) is 5.56 Å². The lowest BCUT2D eigenvalue weighted by molar-refractivity contribution is -0.118. The van der Waals surface area contributed by atoms with Gasteiger partial charge in [-0.05, 0) is 24.6 Å². The summed E-state index contributed by atoms with van der Waals surface area (Å²) in [6.45, 7) is 1.71. The maximum absolute atomic E-state index is 12.8. The fraction of sp³-hybridized carbons (Fsp3) is 0.364. The number of carbonyl (C=O) groups is 1. The summed E-state index contributed by atoms with van der Waals surface area (Å²) in [7, 11) is 0. The molecule has 2 nitrogen and oxygen atoms in total. The highest BCUT2D eigenvalue weighted by molar-refractivity contribution is 5.81. The molecule has 15 heavy (non-hydrogen) atoms. The third-order valence-corrected chi connectivity index (χ3v) is 1.87. The molecule has 0 spiro atoms. The molecule has 0 fully saturated rings. The second-order valence-corrected chi connectivity index (χ2v) is 3.67. The summed E-state index contributed by atoms with van der Waals surface area (Å²) >= 11 is 0. The molecule has 0 bridgehead atoms.